The zero-order chi connectivity index (χ0) is 18.2. The second-order valence-corrected chi connectivity index (χ2v) is 6.75. The third kappa shape index (κ3) is 5.74. The maximum atomic E-state index is 12.8. The van der Waals surface area contributed by atoms with Crippen molar-refractivity contribution in [3.8, 4) is 5.75 Å². The number of amides is 2. The third-order valence-electron chi connectivity index (χ3n) is 4.28. The van der Waals surface area contributed by atoms with Gasteiger partial charge in [-0.15, -0.1) is 0 Å². The van der Waals surface area contributed by atoms with Crippen LogP contribution in [0.4, 0.5) is 0 Å². The van der Waals surface area contributed by atoms with E-state index in [2.05, 4.69) is 19.2 Å². The normalized spacial score (nSPS) is 14.5. The van der Waals surface area contributed by atoms with Crippen molar-refractivity contribution in [1.82, 2.24) is 15.1 Å². The van der Waals surface area contributed by atoms with Gasteiger partial charge >= 0.3 is 0 Å². The number of methoxy groups -OCH3 is 1. The van der Waals surface area contributed by atoms with Crippen molar-refractivity contribution in [1.29, 1.82) is 0 Å². The van der Waals surface area contributed by atoms with E-state index in [-0.39, 0.29) is 11.8 Å². The molecule has 0 spiro atoms. The fourth-order valence-corrected chi connectivity index (χ4v) is 2.94. The first-order valence-corrected chi connectivity index (χ1v) is 8.93. The largest absolute Gasteiger partial charge is 0.497 e. The average Bonchev–Trinajstić information content (AvgIpc) is 2.64. The highest BCUT2D eigenvalue weighted by atomic mass is 16.5. The number of nitrogens with one attached hydrogen (secondary N) is 1. The Morgan fingerprint density at radius 3 is 2.40 bits per heavy atom. The Labute approximate surface area is 150 Å². The molecule has 0 saturated carbocycles. The van der Waals surface area contributed by atoms with E-state index >= 15 is 0 Å². The van der Waals surface area contributed by atoms with Gasteiger partial charge in [0.2, 0.25) is 5.91 Å². The van der Waals surface area contributed by atoms with Gasteiger partial charge < -0.3 is 19.9 Å². The molecule has 25 heavy (non-hydrogen) atoms. The van der Waals surface area contributed by atoms with Crippen molar-refractivity contribution in [3.63, 3.8) is 0 Å². The first-order valence-electron chi connectivity index (χ1n) is 8.93. The molecule has 1 N–H and O–H groups in total. The van der Waals surface area contributed by atoms with Crippen molar-refractivity contribution in [2.45, 2.75) is 20.3 Å². The van der Waals surface area contributed by atoms with E-state index < -0.39 is 0 Å². The Bertz CT molecular complexity index is 566. The van der Waals surface area contributed by atoms with Crippen LogP contribution in [0.5, 0.6) is 5.75 Å². The maximum Gasteiger partial charge on any atom is 0.253 e. The number of ether oxygens (including phenoxy) is 1. The molecule has 0 radical (unpaired) electrons. The number of piperazine rings is 1. The van der Waals surface area contributed by atoms with Gasteiger partial charge in [0.25, 0.3) is 5.91 Å². The van der Waals surface area contributed by atoms with Gasteiger partial charge in [-0.1, -0.05) is 13.8 Å². The van der Waals surface area contributed by atoms with Gasteiger partial charge in [0.1, 0.15) is 5.75 Å². The highest BCUT2D eigenvalue weighted by Gasteiger charge is 2.21. The number of benzene rings is 1. The molecule has 1 aromatic rings. The lowest BCUT2D eigenvalue weighted by Gasteiger charge is -2.29. The second kappa shape index (κ2) is 9.42. The summed E-state index contributed by atoms with van der Waals surface area (Å²) in [7, 11) is 1.60. The van der Waals surface area contributed by atoms with Crippen LogP contribution < -0.4 is 10.1 Å². The number of carbonyl (C=O) groups excluding carboxylic acids is 2. The zero-order valence-corrected chi connectivity index (χ0v) is 15.5. The number of hydrogen-bond donors (Lipinski definition) is 1. The van der Waals surface area contributed by atoms with Crippen LogP contribution in [-0.4, -0.2) is 68.0 Å². The van der Waals surface area contributed by atoms with Gasteiger partial charge in [0.05, 0.1) is 7.11 Å². The van der Waals surface area contributed by atoms with E-state index in [1.807, 2.05) is 4.90 Å². The van der Waals surface area contributed by atoms with E-state index in [1.54, 1.807) is 36.3 Å². The minimum atomic E-state index is -0.0375. The summed E-state index contributed by atoms with van der Waals surface area (Å²) in [6.45, 7) is 8.41. The van der Waals surface area contributed by atoms with Crippen molar-refractivity contribution in [3.05, 3.63) is 29.8 Å². The minimum absolute atomic E-state index is 0.0375. The van der Waals surface area contributed by atoms with Crippen molar-refractivity contribution < 1.29 is 14.3 Å². The summed E-state index contributed by atoms with van der Waals surface area (Å²) in [5.74, 6) is 1.15. The fourth-order valence-electron chi connectivity index (χ4n) is 2.94. The van der Waals surface area contributed by atoms with E-state index in [4.69, 9.17) is 4.74 Å². The molecular weight excluding hydrogens is 318 g/mol. The molecule has 1 saturated heterocycles. The van der Waals surface area contributed by atoms with E-state index in [1.165, 1.54) is 0 Å². The summed E-state index contributed by atoms with van der Waals surface area (Å²) in [5, 5.41) is 3.24. The van der Waals surface area contributed by atoms with Crippen LogP contribution in [0.25, 0.3) is 0 Å². The summed E-state index contributed by atoms with van der Waals surface area (Å²) in [6.07, 6.45) is 0.370. The van der Waals surface area contributed by atoms with Gasteiger partial charge in [-0.3, -0.25) is 9.59 Å². The molecule has 6 nitrogen and oxygen atoms in total. The van der Waals surface area contributed by atoms with Crippen LogP contribution in [-0.2, 0) is 4.79 Å². The number of carbonyl (C=O) groups is 2. The van der Waals surface area contributed by atoms with Crippen LogP contribution in [0.2, 0.25) is 0 Å². The molecule has 0 aliphatic carbocycles. The molecule has 138 valence electrons. The van der Waals surface area contributed by atoms with Crippen molar-refractivity contribution >= 4 is 11.8 Å². The molecule has 1 heterocycles. The molecule has 1 aliphatic rings. The predicted molar refractivity (Wildman–Crippen MR) is 97.8 cm³/mol. The standard InChI is InChI=1S/C19H29N3O3/c1-15(2)14-22(11-8-18(23)21-12-9-20-10-13-21)19(24)16-4-6-17(25-3)7-5-16/h4-7,15,20H,8-14H2,1-3H3. The monoisotopic (exact) mass is 347 g/mol. The summed E-state index contributed by atoms with van der Waals surface area (Å²) in [4.78, 5) is 28.9. The van der Waals surface area contributed by atoms with Gasteiger partial charge in [-0.05, 0) is 30.2 Å². The third-order valence-corrected chi connectivity index (χ3v) is 4.28. The summed E-state index contributed by atoms with van der Waals surface area (Å²) < 4.78 is 5.14. The Kier molecular flexibility index (Phi) is 7.25. The van der Waals surface area contributed by atoms with Gasteiger partial charge in [0.15, 0.2) is 0 Å². The lowest BCUT2D eigenvalue weighted by atomic mass is 10.1. The smallest absolute Gasteiger partial charge is 0.253 e. The molecule has 6 heteroatoms. The van der Waals surface area contributed by atoms with Gasteiger partial charge in [-0.2, -0.15) is 0 Å². The minimum Gasteiger partial charge on any atom is -0.497 e. The molecular formula is C19H29N3O3. The van der Waals surface area contributed by atoms with Gasteiger partial charge in [0, 0.05) is 51.3 Å². The van der Waals surface area contributed by atoms with Crippen LogP contribution in [0, 0.1) is 5.92 Å². The molecule has 0 unspecified atom stereocenters. The van der Waals surface area contributed by atoms with E-state index in [9.17, 15) is 9.59 Å². The predicted octanol–water partition coefficient (Wildman–Crippen LogP) is 1.62. The Morgan fingerprint density at radius 2 is 1.84 bits per heavy atom. The summed E-state index contributed by atoms with van der Waals surface area (Å²) >= 11 is 0. The highest BCUT2D eigenvalue weighted by molar-refractivity contribution is 5.94. The van der Waals surface area contributed by atoms with E-state index in [0.717, 1.165) is 31.9 Å². The van der Waals surface area contributed by atoms with Crippen LogP contribution in [0.1, 0.15) is 30.6 Å². The van der Waals surface area contributed by atoms with Crippen molar-refractivity contribution in [2.24, 2.45) is 5.92 Å². The molecule has 0 aromatic heterocycles. The molecule has 0 atom stereocenters. The number of hydrogen-bond acceptors (Lipinski definition) is 4. The lowest BCUT2D eigenvalue weighted by Crippen LogP contribution is -2.47. The topological polar surface area (TPSA) is 61.9 Å². The molecule has 1 aliphatic heterocycles. The van der Waals surface area contributed by atoms with Crippen LogP contribution in [0.3, 0.4) is 0 Å². The van der Waals surface area contributed by atoms with Crippen LogP contribution >= 0.6 is 0 Å². The Morgan fingerprint density at radius 1 is 1.20 bits per heavy atom. The quantitative estimate of drug-likeness (QED) is 0.814. The molecule has 1 aromatic carbocycles. The van der Waals surface area contributed by atoms with Gasteiger partial charge in [-0.25, -0.2) is 0 Å². The SMILES string of the molecule is COc1ccc(C(=O)N(CCC(=O)N2CCNCC2)CC(C)C)cc1. The second-order valence-electron chi connectivity index (χ2n) is 6.75. The first-order chi connectivity index (χ1) is 12.0. The molecule has 2 rings (SSSR count). The number of rotatable bonds is 7. The number of nitrogens with zero attached hydrogens (tertiary/aromatic N) is 2. The average molecular weight is 347 g/mol. The molecule has 2 amide bonds. The van der Waals surface area contributed by atoms with Crippen molar-refractivity contribution in [2.75, 3.05) is 46.4 Å². The zero-order valence-electron chi connectivity index (χ0n) is 15.5. The van der Waals surface area contributed by atoms with Crippen LogP contribution in [0.15, 0.2) is 24.3 Å². The molecule has 1 fully saturated rings. The summed E-state index contributed by atoms with van der Waals surface area (Å²) in [5.41, 5.74) is 0.621. The first kappa shape index (κ1) is 19.2. The van der Waals surface area contributed by atoms with E-state index in [0.29, 0.717) is 31.0 Å². The highest BCUT2D eigenvalue weighted by Crippen LogP contribution is 2.14. The summed E-state index contributed by atoms with van der Waals surface area (Å²) in [6, 6.07) is 7.11. The lowest BCUT2D eigenvalue weighted by molar-refractivity contribution is -0.132. The Balaban J connectivity index is 1.98. The molecule has 0 bridgehead atoms. The fraction of sp³-hybridized carbons (Fsp3) is 0.579. The Hall–Kier alpha value is -2.08. The maximum absolute atomic E-state index is 12.8.